The van der Waals surface area contributed by atoms with Crippen LogP contribution >= 0.6 is 0 Å². The molecule has 3 unspecified atom stereocenters. The molecule has 0 spiro atoms. The van der Waals surface area contributed by atoms with Gasteiger partial charge in [-0.3, -0.25) is 4.90 Å². The van der Waals surface area contributed by atoms with Crippen molar-refractivity contribution >= 4 is 0 Å². The van der Waals surface area contributed by atoms with E-state index >= 15 is 0 Å². The largest absolute Gasteiger partial charge is 0.465 e. The van der Waals surface area contributed by atoms with Crippen molar-refractivity contribution in [2.45, 2.75) is 59.2 Å². The number of aryl methyl sites for hydroxylation is 1. The molecule has 0 radical (unpaired) electrons. The summed E-state index contributed by atoms with van der Waals surface area (Å²) in [5, 5.41) is 3.69. The van der Waals surface area contributed by atoms with Crippen molar-refractivity contribution in [1.29, 1.82) is 0 Å². The SMILES string of the molecule is CCCNC1CCN(Cc2ccc(C)o2)C(C)C1C. The fourth-order valence-electron chi connectivity index (χ4n) is 3.05. The van der Waals surface area contributed by atoms with E-state index in [2.05, 4.69) is 43.1 Å². The summed E-state index contributed by atoms with van der Waals surface area (Å²) in [7, 11) is 0. The average Bonchev–Trinajstić information content (AvgIpc) is 2.80. The predicted octanol–water partition coefficient (Wildman–Crippen LogP) is 3.19. The minimum absolute atomic E-state index is 0.605. The highest BCUT2D eigenvalue weighted by molar-refractivity contribution is 5.06. The van der Waals surface area contributed by atoms with Crippen LogP contribution in [-0.2, 0) is 6.54 Å². The fraction of sp³-hybridized carbons (Fsp3) is 0.750. The van der Waals surface area contributed by atoms with Crippen molar-refractivity contribution in [3.63, 3.8) is 0 Å². The van der Waals surface area contributed by atoms with E-state index in [9.17, 15) is 0 Å². The molecule has 1 fully saturated rings. The molecule has 3 atom stereocenters. The molecular weight excluding hydrogens is 236 g/mol. The summed E-state index contributed by atoms with van der Waals surface area (Å²) in [6.45, 7) is 12.2. The molecule has 2 heterocycles. The first kappa shape index (κ1) is 14.6. The van der Waals surface area contributed by atoms with Crippen LogP contribution in [-0.4, -0.2) is 30.1 Å². The predicted molar refractivity (Wildman–Crippen MR) is 79.2 cm³/mol. The van der Waals surface area contributed by atoms with Crippen molar-refractivity contribution in [3.8, 4) is 0 Å². The number of nitrogens with zero attached hydrogens (tertiary/aromatic N) is 1. The summed E-state index contributed by atoms with van der Waals surface area (Å²) in [6, 6.07) is 5.44. The van der Waals surface area contributed by atoms with Gasteiger partial charge >= 0.3 is 0 Å². The number of hydrogen-bond donors (Lipinski definition) is 1. The van der Waals surface area contributed by atoms with E-state index < -0.39 is 0 Å². The molecule has 1 N–H and O–H groups in total. The van der Waals surface area contributed by atoms with Gasteiger partial charge in [0.05, 0.1) is 6.54 Å². The van der Waals surface area contributed by atoms with E-state index in [0.717, 1.165) is 31.2 Å². The molecule has 1 aliphatic heterocycles. The summed E-state index contributed by atoms with van der Waals surface area (Å²) >= 11 is 0. The van der Waals surface area contributed by atoms with Gasteiger partial charge in [-0.15, -0.1) is 0 Å². The molecule has 108 valence electrons. The van der Waals surface area contributed by atoms with Gasteiger partial charge in [-0.1, -0.05) is 13.8 Å². The molecule has 1 saturated heterocycles. The number of piperidine rings is 1. The Morgan fingerprint density at radius 2 is 2.16 bits per heavy atom. The van der Waals surface area contributed by atoms with Crippen LogP contribution in [0.15, 0.2) is 16.5 Å². The quantitative estimate of drug-likeness (QED) is 0.885. The Labute approximate surface area is 117 Å². The van der Waals surface area contributed by atoms with Gasteiger partial charge in [0, 0.05) is 18.6 Å². The first-order valence-electron chi connectivity index (χ1n) is 7.64. The molecule has 0 aromatic carbocycles. The highest BCUT2D eigenvalue weighted by Crippen LogP contribution is 2.25. The highest BCUT2D eigenvalue weighted by atomic mass is 16.3. The monoisotopic (exact) mass is 264 g/mol. The Morgan fingerprint density at radius 1 is 1.37 bits per heavy atom. The number of likely N-dealkylation sites (tertiary alicyclic amines) is 1. The second-order valence-electron chi connectivity index (χ2n) is 5.93. The normalized spacial score (nSPS) is 28.7. The lowest BCUT2D eigenvalue weighted by molar-refractivity contribution is 0.0722. The number of hydrogen-bond acceptors (Lipinski definition) is 3. The van der Waals surface area contributed by atoms with Crippen LogP contribution in [0, 0.1) is 12.8 Å². The van der Waals surface area contributed by atoms with Crippen LogP contribution in [0.25, 0.3) is 0 Å². The lowest BCUT2D eigenvalue weighted by Gasteiger charge is -2.42. The summed E-state index contributed by atoms with van der Waals surface area (Å²) in [5.41, 5.74) is 0. The molecule has 0 amide bonds. The molecule has 1 aliphatic rings. The third-order valence-electron chi connectivity index (χ3n) is 4.51. The van der Waals surface area contributed by atoms with Gasteiger partial charge in [-0.25, -0.2) is 0 Å². The number of rotatable bonds is 5. The fourth-order valence-corrected chi connectivity index (χ4v) is 3.05. The molecule has 0 saturated carbocycles. The van der Waals surface area contributed by atoms with Crippen LogP contribution in [0.5, 0.6) is 0 Å². The zero-order chi connectivity index (χ0) is 13.8. The molecule has 1 aromatic heterocycles. The Kier molecular flexibility index (Phi) is 5.06. The van der Waals surface area contributed by atoms with Gasteiger partial charge in [0.1, 0.15) is 11.5 Å². The highest BCUT2D eigenvalue weighted by Gasteiger charge is 2.32. The molecule has 19 heavy (non-hydrogen) atoms. The maximum absolute atomic E-state index is 5.70. The third kappa shape index (κ3) is 3.61. The second kappa shape index (κ2) is 6.58. The Morgan fingerprint density at radius 3 is 2.79 bits per heavy atom. The van der Waals surface area contributed by atoms with Gasteiger partial charge in [0.2, 0.25) is 0 Å². The van der Waals surface area contributed by atoms with Crippen molar-refractivity contribution in [2.75, 3.05) is 13.1 Å². The maximum atomic E-state index is 5.70. The van der Waals surface area contributed by atoms with Crippen molar-refractivity contribution in [1.82, 2.24) is 10.2 Å². The Hall–Kier alpha value is -0.800. The zero-order valence-corrected chi connectivity index (χ0v) is 12.8. The molecule has 1 aromatic rings. The molecule has 3 heteroatoms. The minimum atomic E-state index is 0.605. The van der Waals surface area contributed by atoms with Crippen molar-refractivity contribution < 1.29 is 4.42 Å². The first-order valence-corrected chi connectivity index (χ1v) is 7.64. The van der Waals surface area contributed by atoms with Crippen LogP contribution in [0.1, 0.15) is 45.1 Å². The molecular formula is C16H28N2O. The van der Waals surface area contributed by atoms with E-state index in [1.807, 2.05) is 6.92 Å². The summed E-state index contributed by atoms with van der Waals surface area (Å²) in [4.78, 5) is 2.55. The van der Waals surface area contributed by atoms with Gasteiger partial charge in [-0.2, -0.15) is 0 Å². The maximum Gasteiger partial charge on any atom is 0.118 e. The zero-order valence-electron chi connectivity index (χ0n) is 12.8. The van der Waals surface area contributed by atoms with Crippen LogP contribution in [0.2, 0.25) is 0 Å². The van der Waals surface area contributed by atoms with Gasteiger partial charge < -0.3 is 9.73 Å². The van der Waals surface area contributed by atoms with Crippen LogP contribution in [0.3, 0.4) is 0 Å². The molecule has 3 nitrogen and oxygen atoms in total. The van der Waals surface area contributed by atoms with Crippen molar-refractivity contribution in [3.05, 3.63) is 23.7 Å². The van der Waals surface area contributed by atoms with E-state index in [-0.39, 0.29) is 0 Å². The summed E-state index contributed by atoms with van der Waals surface area (Å²) in [5.74, 6) is 2.79. The van der Waals surface area contributed by atoms with Gasteiger partial charge in [0.25, 0.3) is 0 Å². The summed E-state index contributed by atoms with van der Waals surface area (Å²) < 4.78 is 5.70. The lowest BCUT2D eigenvalue weighted by Crippen LogP contribution is -2.53. The Balaban J connectivity index is 1.91. The van der Waals surface area contributed by atoms with E-state index in [1.54, 1.807) is 0 Å². The smallest absolute Gasteiger partial charge is 0.118 e. The molecule has 2 rings (SSSR count). The number of furan rings is 1. The van der Waals surface area contributed by atoms with Gasteiger partial charge in [-0.05, 0) is 51.3 Å². The minimum Gasteiger partial charge on any atom is -0.465 e. The summed E-state index contributed by atoms with van der Waals surface area (Å²) in [6.07, 6.45) is 2.46. The van der Waals surface area contributed by atoms with E-state index in [0.29, 0.717) is 18.0 Å². The Bertz CT molecular complexity index is 388. The van der Waals surface area contributed by atoms with Crippen LogP contribution < -0.4 is 5.32 Å². The molecule has 0 bridgehead atoms. The van der Waals surface area contributed by atoms with E-state index in [4.69, 9.17) is 4.42 Å². The van der Waals surface area contributed by atoms with E-state index in [1.165, 1.54) is 12.8 Å². The van der Waals surface area contributed by atoms with Gasteiger partial charge in [0.15, 0.2) is 0 Å². The first-order chi connectivity index (χ1) is 9.11. The van der Waals surface area contributed by atoms with Crippen LogP contribution in [0.4, 0.5) is 0 Å². The third-order valence-corrected chi connectivity index (χ3v) is 4.51. The van der Waals surface area contributed by atoms with Crippen molar-refractivity contribution in [2.24, 2.45) is 5.92 Å². The average molecular weight is 264 g/mol. The standard InChI is InChI=1S/C16H28N2O/c1-5-9-17-16-8-10-18(14(4)13(16)3)11-15-7-6-12(2)19-15/h6-7,13-14,16-17H,5,8-11H2,1-4H3. The topological polar surface area (TPSA) is 28.4 Å². The molecule has 0 aliphatic carbocycles. The second-order valence-corrected chi connectivity index (χ2v) is 5.93. The lowest BCUT2D eigenvalue weighted by atomic mass is 9.87. The number of nitrogens with one attached hydrogen (secondary N) is 1.